The molecule has 0 radical (unpaired) electrons. The van der Waals surface area contributed by atoms with Gasteiger partial charge in [-0.3, -0.25) is 20.4 Å². The summed E-state index contributed by atoms with van der Waals surface area (Å²) in [7, 11) is 0. The molecule has 0 aliphatic heterocycles. The predicted octanol–water partition coefficient (Wildman–Crippen LogP) is 1.76. The summed E-state index contributed by atoms with van der Waals surface area (Å²) in [5.41, 5.74) is 6.92. The smallest absolute Gasteiger partial charge is 0.272 e. The van der Waals surface area contributed by atoms with Gasteiger partial charge in [0.1, 0.15) is 6.26 Å². The van der Waals surface area contributed by atoms with E-state index in [4.69, 9.17) is 4.42 Å². The molecule has 0 atom stereocenters. The predicted molar refractivity (Wildman–Crippen MR) is 76.3 cm³/mol. The number of benzene rings is 1. The van der Waals surface area contributed by atoms with Crippen molar-refractivity contribution in [2.45, 2.75) is 6.42 Å². The molecule has 106 valence electrons. The SMILES string of the molecule is O=C(Cc1c[nH]c2ccccc12)NNC(=O)c1ccoc1. The highest BCUT2D eigenvalue weighted by Gasteiger charge is 2.11. The van der Waals surface area contributed by atoms with Crippen LogP contribution in [0.1, 0.15) is 15.9 Å². The van der Waals surface area contributed by atoms with Gasteiger partial charge in [0.05, 0.1) is 18.2 Å². The van der Waals surface area contributed by atoms with Crippen molar-refractivity contribution in [1.82, 2.24) is 15.8 Å². The van der Waals surface area contributed by atoms with E-state index in [0.29, 0.717) is 5.56 Å². The number of carbonyl (C=O) groups excluding carboxylic acids is 2. The molecule has 0 aliphatic carbocycles. The van der Waals surface area contributed by atoms with Crippen molar-refractivity contribution >= 4 is 22.7 Å². The first kappa shape index (κ1) is 13.0. The Hall–Kier alpha value is -3.02. The van der Waals surface area contributed by atoms with Crippen molar-refractivity contribution in [2.24, 2.45) is 0 Å². The maximum atomic E-state index is 11.9. The fourth-order valence-electron chi connectivity index (χ4n) is 2.09. The molecule has 2 aromatic heterocycles. The quantitative estimate of drug-likeness (QED) is 0.640. The van der Waals surface area contributed by atoms with E-state index in [1.165, 1.54) is 18.6 Å². The van der Waals surface area contributed by atoms with Gasteiger partial charge in [0.2, 0.25) is 5.91 Å². The second-order valence-electron chi connectivity index (χ2n) is 4.55. The minimum Gasteiger partial charge on any atom is -0.472 e. The molecule has 0 unspecified atom stereocenters. The van der Waals surface area contributed by atoms with Gasteiger partial charge in [-0.25, -0.2) is 0 Å². The number of carbonyl (C=O) groups is 2. The standard InChI is InChI=1S/C15H13N3O3/c19-14(17-18-15(20)10-5-6-21-9-10)7-11-8-16-13-4-2-1-3-12(11)13/h1-6,8-9,16H,7H2,(H,17,19)(H,18,20). The van der Waals surface area contributed by atoms with Gasteiger partial charge < -0.3 is 9.40 Å². The lowest BCUT2D eigenvalue weighted by Crippen LogP contribution is -2.42. The lowest BCUT2D eigenvalue weighted by molar-refractivity contribution is -0.121. The number of amides is 2. The van der Waals surface area contributed by atoms with Crippen LogP contribution in [0, 0.1) is 0 Å². The molecule has 0 fully saturated rings. The topological polar surface area (TPSA) is 87.1 Å². The third kappa shape index (κ3) is 2.79. The number of hydrazine groups is 1. The van der Waals surface area contributed by atoms with Crippen LogP contribution in [-0.2, 0) is 11.2 Å². The molecule has 0 spiro atoms. The number of hydrogen-bond acceptors (Lipinski definition) is 3. The monoisotopic (exact) mass is 283 g/mol. The summed E-state index contributed by atoms with van der Waals surface area (Å²) in [4.78, 5) is 26.6. The van der Waals surface area contributed by atoms with Gasteiger partial charge >= 0.3 is 0 Å². The molecule has 6 nitrogen and oxygen atoms in total. The van der Waals surface area contributed by atoms with Crippen LogP contribution >= 0.6 is 0 Å². The van der Waals surface area contributed by atoms with Gasteiger partial charge in [0.25, 0.3) is 5.91 Å². The third-order valence-electron chi connectivity index (χ3n) is 3.12. The Morgan fingerprint density at radius 1 is 1.14 bits per heavy atom. The van der Waals surface area contributed by atoms with E-state index in [1.54, 1.807) is 6.20 Å². The van der Waals surface area contributed by atoms with Crippen LogP contribution in [-0.4, -0.2) is 16.8 Å². The molecular weight excluding hydrogens is 270 g/mol. The molecule has 3 aromatic rings. The van der Waals surface area contributed by atoms with Gasteiger partial charge in [0, 0.05) is 17.1 Å². The average Bonchev–Trinajstić information content (AvgIpc) is 3.15. The van der Waals surface area contributed by atoms with Crippen molar-refractivity contribution in [1.29, 1.82) is 0 Å². The van der Waals surface area contributed by atoms with Gasteiger partial charge in [-0.15, -0.1) is 0 Å². The summed E-state index contributed by atoms with van der Waals surface area (Å²) in [6, 6.07) is 9.24. The second kappa shape index (κ2) is 5.54. The fourth-order valence-corrected chi connectivity index (χ4v) is 2.09. The first-order chi connectivity index (χ1) is 10.2. The van der Waals surface area contributed by atoms with Crippen molar-refractivity contribution in [3.05, 3.63) is 60.2 Å². The molecule has 0 saturated carbocycles. The molecular formula is C15H13N3O3. The van der Waals surface area contributed by atoms with Crippen LogP contribution < -0.4 is 10.9 Å². The number of hydrogen-bond donors (Lipinski definition) is 3. The summed E-state index contributed by atoms with van der Waals surface area (Å²) in [5.74, 6) is -0.715. The van der Waals surface area contributed by atoms with Gasteiger partial charge in [-0.1, -0.05) is 18.2 Å². The molecule has 2 amide bonds. The molecule has 0 saturated heterocycles. The molecule has 6 heteroatoms. The summed E-state index contributed by atoms with van der Waals surface area (Å²) >= 11 is 0. The third-order valence-corrected chi connectivity index (χ3v) is 3.12. The maximum Gasteiger partial charge on any atom is 0.272 e. The van der Waals surface area contributed by atoms with Crippen LogP contribution in [0.3, 0.4) is 0 Å². The summed E-state index contributed by atoms with van der Waals surface area (Å²) in [5, 5.41) is 0.994. The Morgan fingerprint density at radius 3 is 2.81 bits per heavy atom. The molecule has 3 N–H and O–H groups in total. The van der Waals surface area contributed by atoms with Crippen LogP contribution in [0.15, 0.2) is 53.5 Å². The molecule has 21 heavy (non-hydrogen) atoms. The Kier molecular flexibility index (Phi) is 3.42. The molecule has 2 heterocycles. The first-order valence-corrected chi connectivity index (χ1v) is 6.40. The maximum absolute atomic E-state index is 11.9. The van der Waals surface area contributed by atoms with Gasteiger partial charge in [-0.05, 0) is 17.7 Å². The number of aromatic nitrogens is 1. The molecule has 0 aliphatic rings. The number of fused-ring (bicyclic) bond motifs is 1. The van der Waals surface area contributed by atoms with Crippen LogP contribution in [0.4, 0.5) is 0 Å². The van der Waals surface area contributed by atoms with Crippen LogP contribution in [0.25, 0.3) is 10.9 Å². The molecule has 1 aromatic carbocycles. The van der Waals surface area contributed by atoms with E-state index in [-0.39, 0.29) is 12.3 Å². The number of aromatic amines is 1. The molecule has 0 bridgehead atoms. The number of H-pyrrole nitrogens is 1. The lowest BCUT2D eigenvalue weighted by atomic mass is 10.1. The highest BCUT2D eigenvalue weighted by molar-refractivity contribution is 5.95. The summed E-state index contributed by atoms with van der Waals surface area (Å²) in [6.45, 7) is 0. The zero-order valence-electron chi connectivity index (χ0n) is 11.1. The highest BCUT2D eigenvalue weighted by atomic mass is 16.3. The average molecular weight is 283 g/mol. The van der Waals surface area contributed by atoms with Gasteiger partial charge in [-0.2, -0.15) is 0 Å². The number of nitrogens with one attached hydrogen (secondary N) is 3. The largest absolute Gasteiger partial charge is 0.472 e. The van der Waals surface area contributed by atoms with Gasteiger partial charge in [0.15, 0.2) is 0 Å². The van der Waals surface area contributed by atoms with E-state index in [2.05, 4.69) is 15.8 Å². The minimum atomic E-state index is -0.420. The van der Waals surface area contributed by atoms with E-state index in [9.17, 15) is 9.59 Å². The Morgan fingerprint density at radius 2 is 2.00 bits per heavy atom. The Labute approximate surface area is 120 Å². The Balaban J connectivity index is 1.60. The number of furan rings is 1. The van der Waals surface area contributed by atoms with E-state index in [0.717, 1.165) is 16.5 Å². The van der Waals surface area contributed by atoms with Crippen molar-refractivity contribution in [3.63, 3.8) is 0 Å². The number of para-hydroxylation sites is 1. The highest BCUT2D eigenvalue weighted by Crippen LogP contribution is 2.17. The fraction of sp³-hybridized carbons (Fsp3) is 0.0667. The Bertz CT molecular complexity index is 774. The second-order valence-corrected chi connectivity index (χ2v) is 4.55. The van der Waals surface area contributed by atoms with Crippen molar-refractivity contribution in [2.75, 3.05) is 0 Å². The summed E-state index contributed by atoms with van der Waals surface area (Å²) in [6.07, 6.45) is 4.67. The normalized spacial score (nSPS) is 10.5. The van der Waals surface area contributed by atoms with Crippen LogP contribution in [0.2, 0.25) is 0 Å². The van der Waals surface area contributed by atoms with E-state index < -0.39 is 5.91 Å². The number of rotatable bonds is 3. The van der Waals surface area contributed by atoms with Crippen LogP contribution in [0.5, 0.6) is 0 Å². The zero-order valence-corrected chi connectivity index (χ0v) is 11.1. The van der Waals surface area contributed by atoms with E-state index in [1.807, 2.05) is 24.3 Å². The minimum absolute atomic E-state index is 0.176. The van der Waals surface area contributed by atoms with Crippen molar-refractivity contribution in [3.8, 4) is 0 Å². The lowest BCUT2D eigenvalue weighted by Gasteiger charge is -2.05. The van der Waals surface area contributed by atoms with E-state index >= 15 is 0 Å². The van der Waals surface area contributed by atoms with Crippen molar-refractivity contribution < 1.29 is 14.0 Å². The summed E-state index contributed by atoms with van der Waals surface area (Å²) < 4.78 is 4.80. The zero-order chi connectivity index (χ0) is 14.7. The first-order valence-electron chi connectivity index (χ1n) is 6.40. The molecule has 3 rings (SSSR count).